The summed E-state index contributed by atoms with van der Waals surface area (Å²) >= 11 is 0. The first-order valence-electron chi connectivity index (χ1n) is 7.05. The molecule has 2 aliphatic heterocycles. The van der Waals surface area contributed by atoms with Crippen molar-refractivity contribution in [1.82, 2.24) is 4.90 Å². The molecule has 0 bridgehead atoms. The molecule has 0 aromatic rings. The van der Waals surface area contributed by atoms with E-state index in [-0.39, 0.29) is 17.6 Å². The molecule has 1 N–H and O–H groups in total. The molecule has 18 heavy (non-hydrogen) atoms. The minimum Gasteiger partial charge on any atom is -0.393 e. The second kappa shape index (κ2) is 5.57. The van der Waals surface area contributed by atoms with Gasteiger partial charge in [-0.1, -0.05) is 0 Å². The normalized spacial score (nSPS) is 29.3. The van der Waals surface area contributed by atoms with E-state index in [2.05, 4.69) is 13.8 Å². The number of carbonyl (C=O) groups is 1. The van der Waals surface area contributed by atoms with Crippen molar-refractivity contribution < 1.29 is 14.6 Å². The van der Waals surface area contributed by atoms with Gasteiger partial charge in [0.15, 0.2) is 0 Å². The standard InChI is InChI=1S/C14H25NO3/c1-14(2)10-12(16)3-6-15(14)13(17)9-11-4-7-18-8-5-11/h11-12,16H,3-10H2,1-2H3. The molecular weight excluding hydrogens is 230 g/mol. The second-order valence-electron chi connectivity index (χ2n) is 6.26. The highest BCUT2D eigenvalue weighted by Crippen LogP contribution is 2.30. The summed E-state index contributed by atoms with van der Waals surface area (Å²) in [6.45, 7) is 6.38. The Morgan fingerprint density at radius 3 is 2.61 bits per heavy atom. The highest BCUT2D eigenvalue weighted by molar-refractivity contribution is 5.77. The number of aliphatic hydroxyl groups is 1. The first-order valence-corrected chi connectivity index (χ1v) is 7.05. The molecule has 0 saturated carbocycles. The van der Waals surface area contributed by atoms with Gasteiger partial charge in [-0.25, -0.2) is 0 Å². The molecule has 1 atom stereocenters. The number of aliphatic hydroxyl groups excluding tert-OH is 1. The van der Waals surface area contributed by atoms with Crippen LogP contribution < -0.4 is 0 Å². The fourth-order valence-electron chi connectivity index (χ4n) is 3.14. The zero-order valence-corrected chi connectivity index (χ0v) is 11.5. The van der Waals surface area contributed by atoms with Crippen LogP contribution in [0.25, 0.3) is 0 Å². The molecule has 2 aliphatic rings. The molecule has 104 valence electrons. The average Bonchev–Trinajstić information content (AvgIpc) is 2.28. The summed E-state index contributed by atoms with van der Waals surface area (Å²) < 4.78 is 5.32. The van der Waals surface area contributed by atoms with E-state index in [9.17, 15) is 9.90 Å². The van der Waals surface area contributed by atoms with E-state index >= 15 is 0 Å². The average molecular weight is 255 g/mol. The van der Waals surface area contributed by atoms with Gasteiger partial charge < -0.3 is 14.7 Å². The number of ether oxygens (including phenoxy) is 1. The van der Waals surface area contributed by atoms with E-state index in [0.717, 1.165) is 26.1 Å². The summed E-state index contributed by atoms with van der Waals surface area (Å²) in [7, 11) is 0. The summed E-state index contributed by atoms with van der Waals surface area (Å²) in [5.74, 6) is 0.729. The Kier molecular flexibility index (Phi) is 4.28. The fraction of sp³-hybridized carbons (Fsp3) is 0.929. The fourth-order valence-corrected chi connectivity index (χ4v) is 3.14. The number of nitrogens with zero attached hydrogens (tertiary/aromatic N) is 1. The SMILES string of the molecule is CC1(C)CC(O)CCN1C(=O)CC1CCOCC1. The van der Waals surface area contributed by atoms with Crippen LogP contribution in [0.5, 0.6) is 0 Å². The van der Waals surface area contributed by atoms with E-state index in [0.29, 0.717) is 31.7 Å². The molecular formula is C14H25NO3. The Morgan fingerprint density at radius 2 is 2.00 bits per heavy atom. The zero-order valence-electron chi connectivity index (χ0n) is 11.5. The third kappa shape index (κ3) is 3.23. The van der Waals surface area contributed by atoms with Crippen molar-refractivity contribution in [2.45, 2.75) is 57.6 Å². The maximum atomic E-state index is 12.4. The molecule has 2 heterocycles. The Labute approximate surface area is 109 Å². The molecule has 1 amide bonds. The number of piperidine rings is 1. The number of likely N-dealkylation sites (tertiary alicyclic amines) is 1. The second-order valence-corrected chi connectivity index (χ2v) is 6.26. The van der Waals surface area contributed by atoms with Crippen LogP contribution in [0.3, 0.4) is 0 Å². The molecule has 4 nitrogen and oxygen atoms in total. The number of hydrogen-bond acceptors (Lipinski definition) is 3. The van der Waals surface area contributed by atoms with Gasteiger partial charge in [-0.05, 0) is 45.4 Å². The largest absolute Gasteiger partial charge is 0.393 e. The molecule has 2 fully saturated rings. The van der Waals surface area contributed by atoms with Crippen LogP contribution in [-0.2, 0) is 9.53 Å². The zero-order chi connectivity index (χ0) is 13.2. The molecule has 2 rings (SSSR count). The smallest absolute Gasteiger partial charge is 0.223 e. The van der Waals surface area contributed by atoms with Crippen LogP contribution in [0, 0.1) is 5.92 Å². The number of hydrogen-bond donors (Lipinski definition) is 1. The Hall–Kier alpha value is -0.610. The van der Waals surface area contributed by atoms with Gasteiger partial charge in [0.25, 0.3) is 0 Å². The number of carbonyl (C=O) groups excluding carboxylic acids is 1. The van der Waals surface area contributed by atoms with Gasteiger partial charge in [0.1, 0.15) is 0 Å². The van der Waals surface area contributed by atoms with Crippen LogP contribution in [0.4, 0.5) is 0 Å². The molecule has 4 heteroatoms. The highest BCUT2D eigenvalue weighted by atomic mass is 16.5. The third-order valence-electron chi connectivity index (χ3n) is 4.26. The maximum absolute atomic E-state index is 12.4. The van der Waals surface area contributed by atoms with E-state index in [1.807, 2.05) is 4.90 Å². The van der Waals surface area contributed by atoms with Crippen molar-refractivity contribution in [3.8, 4) is 0 Å². The van der Waals surface area contributed by atoms with Crippen LogP contribution >= 0.6 is 0 Å². The molecule has 0 aromatic heterocycles. The summed E-state index contributed by atoms with van der Waals surface area (Å²) in [6, 6.07) is 0. The minimum absolute atomic E-state index is 0.208. The van der Waals surface area contributed by atoms with Gasteiger partial charge in [0.2, 0.25) is 5.91 Å². The van der Waals surface area contributed by atoms with Crippen molar-refractivity contribution in [2.75, 3.05) is 19.8 Å². The van der Waals surface area contributed by atoms with Crippen LogP contribution in [0.2, 0.25) is 0 Å². The first kappa shape index (κ1) is 13.8. The van der Waals surface area contributed by atoms with Crippen molar-refractivity contribution in [3.05, 3.63) is 0 Å². The van der Waals surface area contributed by atoms with Crippen LogP contribution in [-0.4, -0.2) is 47.3 Å². The van der Waals surface area contributed by atoms with Gasteiger partial charge in [0, 0.05) is 31.7 Å². The Balaban J connectivity index is 1.91. The molecule has 0 radical (unpaired) electrons. The van der Waals surface area contributed by atoms with E-state index < -0.39 is 0 Å². The number of rotatable bonds is 2. The molecule has 0 aromatic carbocycles. The maximum Gasteiger partial charge on any atom is 0.223 e. The Morgan fingerprint density at radius 1 is 1.33 bits per heavy atom. The number of amides is 1. The lowest BCUT2D eigenvalue weighted by molar-refractivity contribution is -0.142. The van der Waals surface area contributed by atoms with Crippen molar-refractivity contribution in [2.24, 2.45) is 5.92 Å². The van der Waals surface area contributed by atoms with Gasteiger partial charge in [-0.2, -0.15) is 0 Å². The summed E-state index contributed by atoms with van der Waals surface area (Å²) in [4.78, 5) is 14.4. The lowest BCUT2D eigenvalue weighted by Gasteiger charge is -2.45. The highest BCUT2D eigenvalue weighted by Gasteiger charge is 2.37. The molecule has 0 aliphatic carbocycles. The lowest BCUT2D eigenvalue weighted by Crippen LogP contribution is -2.54. The Bertz CT molecular complexity index is 297. The molecule has 2 saturated heterocycles. The monoisotopic (exact) mass is 255 g/mol. The van der Waals surface area contributed by atoms with E-state index in [1.165, 1.54) is 0 Å². The summed E-state index contributed by atoms with van der Waals surface area (Å²) in [6.07, 6.45) is 3.79. The van der Waals surface area contributed by atoms with Crippen LogP contribution in [0.1, 0.15) is 46.0 Å². The van der Waals surface area contributed by atoms with Crippen LogP contribution in [0.15, 0.2) is 0 Å². The van der Waals surface area contributed by atoms with Crippen molar-refractivity contribution in [1.29, 1.82) is 0 Å². The van der Waals surface area contributed by atoms with Gasteiger partial charge >= 0.3 is 0 Å². The molecule has 0 spiro atoms. The van der Waals surface area contributed by atoms with Crippen molar-refractivity contribution >= 4 is 5.91 Å². The summed E-state index contributed by atoms with van der Waals surface area (Å²) in [5, 5.41) is 9.71. The van der Waals surface area contributed by atoms with Gasteiger partial charge in [-0.15, -0.1) is 0 Å². The quantitative estimate of drug-likeness (QED) is 0.814. The van der Waals surface area contributed by atoms with E-state index in [4.69, 9.17) is 4.74 Å². The topological polar surface area (TPSA) is 49.8 Å². The first-order chi connectivity index (χ1) is 8.49. The molecule has 1 unspecified atom stereocenters. The van der Waals surface area contributed by atoms with Gasteiger partial charge in [0.05, 0.1) is 6.10 Å². The van der Waals surface area contributed by atoms with Gasteiger partial charge in [-0.3, -0.25) is 4.79 Å². The minimum atomic E-state index is -0.257. The predicted molar refractivity (Wildman–Crippen MR) is 69.2 cm³/mol. The third-order valence-corrected chi connectivity index (χ3v) is 4.26. The lowest BCUT2D eigenvalue weighted by atomic mass is 9.87. The van der Waals surface area contributed by atoms with E-state index in [1.54, 1.807) is 0 Å². The summed E-state index contributed by atoms with van der Waals surface area (Å²) in [5.41, 5.74) is -0.208. The predicted octanol–water partition coefficient (Wildman–Crippen LogP) is 1.56. The van der Waals surface area contributed by atoms with Crippen molar-refractivity contribution in [3.63, 3.8) is 0 Å².